The fourth-order valence-electron chi connectivity index (χ4n) is 3.44. The van der Waals surface area contributed by atoms with E-state index in [1.54, 1.807) is 35.4 Å². The van der Waals surface area contributed by atoms with Gasteiger partial charge in [0.25, 0.3) is 5.91 Å². The number of nitrogens with zero attached hydrogens (tertiary/aromatic N) is 3. The van der Waals surface area contributed by atoms with Crippen molar-refractivity contribution in [3.05, 3.63) is 89.2 Å². The van der Waals surface area contributed by atoms with Crippen LogP contribution in [0.2, 0.25) is 0 Å². The number of rotatable bonds is 6. The Balaban J connectivity index is 1.75. The van der Waals surface area contributed by atoms with E-state index >= 15 is 0 Å². The van der Waals surface area contributed by atoms with Crippen LogP contribution in [0.1, 0.15) is 51.7 Å². The first-order valence-corrected chi connectivity index (χ1v) is 11.1. The third-order valence-corrected chi connectivity index (χ3v) is 6.18. The van der Waals surface area contributed by atoms with Gasteiger partial charge in [-0.3, -0.25) is 14.7 Å². The monoisotopic (exact) mass is 445 g/mol. The second kappa shape index (κ2) is 9.28. The highest BCUT2D eigenvalue weighted by Gasteiger charge is 2.23. The van der Waals surface area contributed by atoms with Crippen LogP contribution in [-0.4, -0.2) is 29.0 Å². The second-order valence-corrected chi connectivity index (χ2v) is 8.64. The van der Waals surface area contributed by atoms with E-state index in [9.17, 15) is 9.59 Å². The maximum atomic E-state index is 13.5. The Morgan fingerprint density at radius 3 is 2.41 bits per heavy atom. The molecule has 0 saturated carbocycles. The minimum atomic E-state index is -0.443. The Bertz CT molecular complexity index is 1250. The van der Waals surface area contributed by atoms with Crippen LogP contribution in [0.4, 0.5) is 5.13 Å². The van der Waals surface area contributed by atoms with Gasteiger partial charge < -0.3 is 4.74 Å². The van der Waals surface area contributed by atoms with Crippen molar-refractivity contribution < 1.29 is 14.3 Å². The molecule has 0 spiro atoms. The number of fused-ring (bicyclic) bond motifs is 1. The maximum absolute atomic E-state index is 13.5. The summed E-state index contributed by atoms with van der Waals surface area (Å²) in [5.41, 5.74) is 3.68. The molecule has 0 fully saturated rings. The van der Waals surface area contributed by atoms with Crippen LogP contribution in [0.5, 0.6) is 0 Å². The quantitative estimate of drug-likeness (QED) is 0.369. The van der Waals surface area contributed by atoms with Crippen molar-refractivity contribution in [1.82, 2.24) is 9.97 Å². The number of aromatic nitrogens is 2. The van der Waals surface area contributed by atoms with Crippen LogP contribution in [-0.2, 0) is 11.3 Å². The lowest BCUT2D eigenvalue weighted by molar-refractivity contribution is 0.0600. The summed E-state index contributed by atoms with van der Waals surface area (Å²) in [6.07, 6.45) is 1.71. The average molecular weight is 446 g/mol. The number of hydrogen-bond donors (Lipinski definition) is 0. The normalized spacial score (nSPS) is 11.0. The number of pyridine rings is 1. The zero-order valence-electron chi connectivity index (χ0n) is 18.1. The summed E-state index contributed by atoms with van der Waals surface area (Å²) in [6.45, 7) is 4.55. The van der Waals surface area contributed by atoms with Gasteiger partial charge in [-0.25, -0.2) is 9.78 Å². The molecule has 2 aromatic heterocycles. The number of thiazole rings is 1. The van der Waals surface area contributed by atoms with E-state index in [2.05, 4.69) is 24.9 Å². The summed E-state index contributed by atoms with van der Waals surface area (Å²) >= 11 is 1.48. The van der Waals surface area contributed by atoms with Crippen LogP contribution < -0.4 is 4.90 Å². The Morgan fingerprint density at radius 1 is 1.00 bits per heavy atom. The van der Waals surface area contributed by atoms with E-state index in [0.717, 1.165) is 21.5 Å². The fourth-order valence-corrected chi connectivity index (χ4v) is 4.44. The molecule has 0 atom stereocenters. The minimum absolute atomic E-state index is 0.211. The van der Waals surface area contributed by atoms with E-state index in [0.29, 0.717) is 22.2 Å². The lowest BCUT2D eigenvalue weighted by atomic mass is 10.0. The number of para-hydroxylation sites is 1. The number of carbonyl (C=O) groups excluding carboxylic acids is 2. The molecular formula is C25H23N3O3S. The van der Waals surface area contributed by atoms with Gasteiger partial charge in [0.2, 0.25) is 0 Å². The van der Waals surface area contributed by atoms with Crippen molar-refractivity contribution in [1.29, 1.82) is 0 Å². The first kappa shape index (κ1) is 21.6. The van der Waals surface area contributed by atoms with Crippen molar-refractivity contribution in [2.24, 2.45) is 0 Å². The highest BCUT2D eigenvalue weighted by Crippen LogP contribution is 2.34. The first-order chi connectivity index (χ1) is 15.5. The number of esters is 1. The lowest BCUT2D eigenvalue weighted by Crippen LogP contribution is -2.30. The van der Waals surface area contributed by atoms with Gasteiger partial charge in [0.05, 0.1) is 35.1 Å². The molecule has 2 aromatic carbocycles. The topological polar surface area (TPSA) is 72.4 Å². The number of anilines is 1. The zero-order chi connectivity index (χ0) is 22.7. The SMILES string of the molecule is COC(=O)c1ccc(C(=O)N(Cc2ccccn2)c2nc3c(C(C)C)cccc3s2)cc1. The van der Waals surface area contributed by atoms with Crippen molar-refractivity contribution in [2.75, 3.05) is 12.0 Å². The molecule has 0 radical (unpaired) electrons. The molecule has 0 aliphatic rings. The highest BCUT2D eigenvalue weighted by atomic mass is 32.1. The molecule has 0 saturated heterocycles. The molecule has 0 N–H and O–H groups in total. The molecule has 0 bridgehead atoms. The van der Waals surface area contributed by atoms with E-state index < -0.39 is 5.97 Å². The third kappa shape index (κ3) is 4.38. The van der Waals surface area contributed by atoms with Gasteiger partial charge in [-0.2, -0.15) is 0 Å². The average Bonchev–Trinajstić information content (AvgIpc) is 3.26. The molecule has 0 unspecified atom stereocenters. The van der Waals surface area contributed by atoms with Crippen LogP contribution in [0.3, 0.4) is 0 Å². The Morgan fingerprint density at radius 2 is 1.75 bits per heavy atom. The molecule has 7 heteroatoms. The highest BCUT2D eigenvalue weighted by molar-refractivity contribution is 7.22. The van der Waals surface area contributed by atoms with Crippen molar-refractivity contribution in [3.63, 3.8) is 0 Å². The summed E-state index contributed by atoms with van der Waals surface area (Å²) in [5.74, 6) is -0.335. The predicted octanol–water partition coefficient (Wildman–Crippen LogP) is 5.45. The summed E-state index contributed by atoms with van der Waals surface area (Å²) < 4.78 is 5.78. The number of hydrogen-bond acceptors (Lipinski definition) is 6. The summed E-state index contributed by atoms with van der Waals surface area (Å²) in [5, 5.41) is 0.612. The Labute approximate surface area is 190 Å². The standard InChI is InChI=1S/C25H23N3O3S/c1-16(2)20-8-6-9-21-22(20)27-25(32-21)28(15-19-7-4-5-14-26-19)23(29)17-10-12-18(13-11-17)24(30)31-3/h4-14,16H,15H2,1-3H3. The molecule has 0 aliphatic carbocycles. The van der Waals surface area contributed by atoms with Crippen molar-refractivity contribution in [2.45, 2.75) is 26.3 Å². The van der Waals surface area contributed by atoms with Gasteiger partial charge in [0.15, 0.2) is 5.13 Å². The molecule has 4 rings (SSSR count). The molecular weight excluding hydrogens is 422 g/mol. The molecule has 162 valence electrons. The van der Waals surface area contributed by atoms with E-state index in [1.165, 1.54) is 18.4 Å². The van der Waals surface area contributed by atoms with Crippen molar-refractivity contribution in [3.8, 4) is 0 Å². The van der Waals surface area contributed by atoms with Gasteiger partial charge in [-0.15, -0.1) is 0 Å². The molecule has 0 aliphatic heterocycles. The van der Waals surface area contributed by atoms with Gasteiger partial charge >= 0.3 is 5.97 Å². The van der Waals surface area contributed by atoms with Crippen LogP contribution in [0, 0.1) is 0 Å². The number of methoxy groups -OCH3 is 1. The largest absolute Gasteiger partial charge is 0.465 e. The molecule has 32 heavy (non-hydrogen) atoms. The van der Waals surface area contributed by atoms with Gasteiger partial charge in [-0.1, -0.05) is 43.4 Å². The molecule has 4 aromatic rings. The fraction of sp³-hybridized carbons (Fsp3) is 0.200. The maximum Gasteiger partial charge on any atom is 0.337 e. The molecule has 1 amide bonds. The lowest BCUT2D eigenvalue weighted by Gasteiger charge is -2.19. The van der Waals surface area contributed by atoms with E-state index in [4.69, 9.17) is 9.72 Å². The van der Waals surface area contributed by atoms with Crippen molar-refractivity contribution >= 4 is 38.6 Å². The third-order valence-electron chi connectivity index (χ3n) is 5.14. The number of amides is 1. The second-order valence-electron chi connectivity index (χ2n) is 7.63. The van der Waals surface area contributed by atoms with Crippen LogP contribution >= 0.6 is 11.3 Å². The smallest absolute Gasteiger partial charge is 0.337 e. The number of ether oxygens (including phenoxy) is 1. The minimum Gasteiger partial charge on any atom is -0.465 e. The molecule has 2 heterocycles. The number of carbonyl (C=O) groups is 2. The number of benzene rings is 2. The van der Waals surface area contributed by atoms with Crippen LogP contribution in [0.25, 0.3) is 10.2 Å². The Hall–Kier alpha value is -3.58. The van der Waals surface area contributed by atoms with Gasteiger partial charge in [0, 0.05) is 11.8 Å². The summed E-state index contributed by atoms with van der Waals surface area (Å²) in [6, 6.07) is 18.2. The van der Waals surface area contributed by atoms with E-state index in [1.807, 2.05) is 30.3 Å². The van der Waals surface area contributed by atoms with E-state index in [-0.39, 0.29) is 12.5 Å². The first-order valence-electron chi connectivity index (χ1n) is 10.3. The summed E-state index contributed by atoms with van der Waals surface area (Å²) in [4.78, 5) is 36.2. The molecule has 6 nitrogen and oxygen atoms in total. The predicted molar refractivity (Wildman–Crippen MR) is 126 cm³/mol. The Kier molecular flexibility index (Phi) is 6.28. The summed E-state index contributed by atoms with van der Waals surface area (Å²) in [7, 11) is 1.33. The van der Waals surface area contributed by atoms with Crippen LogP contribution in [0.15, 0.2) is 66.9 Å². The van der Waals surface area contributed by atoms with Gasteiger partial charge in [0.1, 0.15) is 0 Å². The zero-order valence-corrected chi connectivity index (χ0v) is 18.9. The van der Waals surface area contributed by atoms with Gasteiger partial charge in [-0.05, 0) is 53.9 Å².